The first-order valence-electron chi connectivity index (χ1n) is 9.42. The zero-order chi connectivity index (χ0) is 19.8. The Labute approximate surface area is 171 Å². The van der Waals surface area contributed by atoms with Gasteiger partial charge in [-0.15, -0.1) is 10.2 Å². The predicted octanol–water partition coefficient (Wildman–Crippen LogP) is -1.63. The first-order valence-corrected chi connectivity index (χ1v) is 9.42. The van der Waals surface area contributed by atoms with Crippen LogP contribution in [0.25, 0.3) is 0 Å². The molecule has 0 saturated carbocycles. The zero-order valence-corrected chi connectivity index (χ0v) is 17.7. The minimum Gasteiger partial charge on any atom is -1.00 e. The summed E-state index contributed by atoms with van der Waals surface area (Å²) in [5.74, 6) is 0.500. The van der Waals surface area contributed by atoms with Gasteiger partial charge in [-0.25, -0.2) is 0 Å². The largest absolute Gasteiger partial charge is 1.00 e. The van der Waals surface area contributed by atoms with Crippen LogP contribution in [0.4, 0.5) is 5.69 Å². The Morgan fingerprint density at radius 1 is 1.29 bits per heavy atom. The maximum absolute atomic E-state index is 12.8. The number of carbonyl (C=O) groups excluding carboxylic acids is 1. The molecule has 7 nitrogen and oxygen atoms in total. The molecular formula is C20H29ClN4O3. The molecule has 1 unspecified atom stereocenters. The van der Waals surface area contributed by atoms with E-state index >= 15 is 0 Å². The van der Waals surface area contributed by atoms with Gasteiger partial charge in [0.2, 0.25) is 11.8 Å². The maximum atomic E-state index is 12.8. The number of carbonyl (C=O) groups is 1. The molecule has 1 aromatic heterocycles. The minimum absolute atomic E-state index is 0. The summed E-state index contributed by atoms with van der Waals surface area (Å²) in [5.41, 5.74) is 1.98. The third-order valence-corrected chi connectivity index (χ3v) is 4.91. The van der Waals surface area contributed by atoms with Gasteiger partial charge in [0.15, 0.2) is 12.1 Å². The standard InChI is InChI=1S/C20H28N4O3.ClH/c1-11(2)15(16(25)18-23-24-19(27-18)20(3,4)5)22-17(26)14-10-12-8-6-7-9-13(12)21-14;/h6-9,11,14-16,21,25H,10H2,1-5H3,(H,22,26);1H/t14-,15-,16?;/m0./s1. The van der Waals surface area contributed by atoms with Crippen molar-refractivity contribution in [2.75, 3.05) is 0 Å². The normalized spacial score (nSPS) is 18.3. The molecular weight excluding hydrogens is 380 g/mol. The number of quaternary nitrogens is 1. The van der Waals surface area contributed by atoms with E-state index in [4.69, 9.17) is 4.42 Å². The second-order valence-electron chi connectivity index (χ2n) is 8.59. The third-order valence-electron chi connectivity index (χ3n) is 4.91. The minimum atomic E-state index is -1.05. The number of nitrogens with zero attached hydrogens (tertiary/aromatic N) is 2. The molecule has 4 N–H and O–H groups in total. The smallest absolute Gasteiger partial charge is 0.279 e. The van der Waals surface area contributed by atoms with Crippen molar-refractivity contribution in [2.24, 2.45) is 5.92 Å². The van der Waals surface area contributed by atoms with Gasteiger partial charge in [-0.1, -0.05) is 52.8 Å². The van der Waals surface area contributed by atoms with Gasteiger partial charge < -0.3 is 32.6 Å². The summed E-state index contributed by atoms with van der Waals surface area (Å²) in [5, 5.41) is 23.8. The molecule has 1 aliphatic heterocycles. The lowest BCUT2D eigenvalue weighted by Gasteiger charge is -2.26. The first kappa shape index (κ1) is 22.3. The van der Waals surface area contributed by atoms with Crippen LogP contribution in [-0.2, 0) is 16.6 Å². The molecule has 154 valence electrons. The van der Waals surface area contributed by atoms with Crippen molar-refractivity contribution in [1.82, 2.24) is 15.5 Å². The summed E-state index contributed by atoms with van der Waals surface area (Å²) in [6, 6.07) is 7.27. The van der Waals surface area contributed by atoms with Gasteiger partial charge >= 0.3 is 0 Å². The lowest BCUT2D eigenvalue weighted by atomic mass is 9.97. The molecule has 0 fully saturated rings. The van der Waals surface area contributed by atoms with Gasteiger partial charge in [0.25, 0.3) is 5.91 Å². The van der Waals surface area contributed by atoms with Crippen molar-refractivity contribution < 1.29 is 32.0 Å². The second-order valence-corrected chi connectivity index (χ2v) is 8.59. The van der Waals surface area contributed by atoms with Crippen molar-refractivity contribution in [3.8, 4) is 0 Å². The molecule has 0 bridgehead atoms. The highest BCUT2D eigenvalue weighted by Gasteiger charge is 2.36. The van der Waals surface area contributed by atoms with E-state index in [0.717, 1.165) is 5.69 Å². The average molecular weight is 409 g/mol. The number of nitrogens with one attached hydrogen (secondary N) is 1. The van der Waals surface area contributed by atoms with Crippen molar-refractivity contribution in [1.29, 1.82) is 0 Å². The van der Waals surface area contributed by atoms with Crippen LogP contribution in [0.3, 0.4) is 0 Å². The van der Waals surface area contributed by atoms with E-state index in [9.17, 15) is 9.90 Å². The second kappa shape index (κ2) is 8.59. The van der Waals surface area contributed by atoms with E-state index in [1.165, 1.54) is 5.56 Å². The molecule has 2 aromatic rings. The number of halogens is 1. The lowest BCUT2D eigenvalue weighted by Crippen LogP contribution is -3.00. The third kappa shape index (κ3) is 4.71. The van der Waals surface area contributed by atoms with Crippen molar-refractivity contribution in [3.63, 3.8) is 0 Å². The number of nitrogens with two attached hydrogens (primary N) is 1. The number of aliphatic hydroxyl groups is 1. The summed E-state index contributed by atoms with van der Waals surface area (Å²) < 4.78 is 5.67. The SMILES string of the molecule is CC(C)[C@H](NC(=O)[C@@H]1Cc2ccccc2[NH2+]1)C(O)c1nnc(C(C)(C)C)o1.[Cl-]. The van der Waals surface area contributed by atoms with Crippen LogP contribution in [0.1, 0.15) is 58.1 Å². The fraction of sp³-hybridized carbons (Fsp3) is 0.550. The summed E-state index contributed by atoms with van der Waals surface area (Å²) in [7, 11) is 0. The van der Waals surface area contributed by atoms with Crippen molar-refractivity contribution >= 4 is 11.6 Å². The summed E-state index contributed by atoms with van der Waals surface area (Å²) in [6.07, 6.45) is -0.376. The van der Waals surface area contributed by atoms with Crippen molar-refractivity contribution in [2.45, 2.75) is 64.6 Å². The monoisotopic (exact) mass is 408 g/mol. The number of hydrogen-bond donors (Lipinski definition) is 3. The topological polar surface area (TPSA) is 105 Å². The Balaban J connectivity index is 0.00000280. The molecule has 0 aliphatic carbocycles. The van der Waals surface area contributed by atoms with Crippen LogP contribution in [-0.4, -0.2) is 33.3 Å². The van der Waals surface area contributed by atoms with Crippen LogP contribution < -0.4 is 23.0 Å². The fourth-order valence-corrected chi connectivity index (χ4v) is 3.26. The molecule has 1 aromatic carbocycles. The maximum Gasteiger partial charge on any atom is 0.279 e. The number of fused-ring (bicyclic) bond motifs is 1. The Morgan fingerprint density at radius 2 is 1.96 bits per heavy atom. The fourth-order valence-electron chi connectivity index (χ4n) is 3.26. The summed E-state index contributed by atoms with van der Waals surface area (Å²) in [6.45, 7) is 9.79. The first-order chi connectivity index (χ1) is 12.7. The van der Waals surface area contributed by atoms with Crippen molar-refractivity contribution in [3.05, 3.63) is 41.6 Å². The highest BCUT2D eigenvalue weighted by molar-refractivity contribution is 5.82. The number of para-hydroxylation sites is 1. The number of benzene rings is 1. The van der Waals surface area contributed by atoms with Gasteiger partial charge in [-0.3, -0.25) is 4.79 Å². The molecule has 0 radical (unpaired) electrons. The molecule has 28 heavy (non-hydrogen) atoms. The molecule has 3 atom stereocenters. The number of rotatable bonds is 5. The molecule has 1 amide bonds. The zero-order valence-electron chi connectivity index (χ0n) is 16.9. The van der Waals surface area contributed by atoms with E-state index in [1.54, 1.807) is 0 Å². The summed E-state index contributed by atoms with van der Waals surface area (Å²) >= 11 is 0. The van der Waals surface area contributed by atoms with Crippen LogP contribution in [0, 0.1) is 5.92 Å². The van der Waals surface area contributed by atoms with Gasteiger partial charge in [-0.05, 0) is 12.0 Å². The van der Waals surface area contributed by atoms with E-state index in [0.29, 0.717) is 12.3 Å². The number of amides is 1. The van der Waals surface area contributed by atoms with E-state index in [-0.39, 0.29) is 41.6 Å². The average Bonchev–Trinajstić information content (AvgIpc) is 3.24. The Kier molecular flexibility index (Phi) is 6.85. The molecule has 3 rings (SSSR count). The van der Waals surface area contributed by atoms with Crippen LogP contribution in [0.15, 0.2) is 28.7 Å². The van der Waals surface area contributed by atoms with E-state index < -0.39 is 12.1 Å². The van der Waals surface area contributed by atoms with Gasteiger partial charge in [-0.2, -0.15) is 0 Å². The Hall–Kier alpha value is -1.96. The molecule has 2 heterocycles. The van der Waals surface area contributed by atoms with Gasteiger partial charge in [0.05, 0.1) is 6.04 Å². The highest BCUT2D eigenvalue weighted by atomic mass is 35.5. The quantitative estimate of drug-likeness (QED) is 0.515. The van der Waals surface area contributed by atoms with E-state index in [1.807, 2.05) is 64.2 Å². The molecule has 1 aliphatic rings. The summed E-state index contributed by atoms with van der Waals surface area (Å²) in [4.78, 5) is 12.8. The van der Waals surface area contributed by atoms with Crippen LogP contribution in [0.2, 0.25) is 0 Å². The van der Waals surface area contributed by atoms with Crippen LogP contribution >= 0.6 is 0 Å². The molecule has 0 spiro atoms. The Morgan fingerprint density at radius 3 is 2.54 bits per heavy atom. The molecule has 0 saturated heterocycles. The lowest BCUT2D eigenvalue weighted by molar-refractivity contribution is -0.586. The molecule has 8 heteroatoms. The number of hydrogen-bond acceptors (Lipinski definition) is 5. The van der Waals surface area contributed by atoms with Gasteiger partial charge in [0.1, 0.15) is 5.69 Å². The van der Waals surface area contributed by atoms with E-state index in [2.05, 4.69) is 15.5 Å². The van der Waals surface area contributed by atoms with Crippen LogP contribution in [0.5, 0.6) is 0 Å². The highest BCUT2D eigenvalue weighted by Crippen LogP contribution is 2.26. The Bertz CT molecular complexity index is 791. The number of aliphatic hydroxyl groups excluding tert-OH is 1. The number of aromatic nitrogens is 2. The van der Waals surface area contributed by atoms with Gasteiger partial charge in [0, 0.05) is 17.4 Å². The predicted molar refractivity (Wildman–Crippen MR) is 100 cm³/mol.